The van der Waals surface area contributed by atoms with Gasteiger partial charge in [-0.1, -0.05) is 55.5 Å². The van der Waals surface area contributed by atoms with Crippen molar-refractivity contribution in [3.63, 3.8) is 0 Å². The Morgan fingerprint density at radius 1 is 1.20 bits per heavy atom. The first kappa shape index (κ1) is 23.6. The Balaban J connectivity index is 1.64. The van der Waals surface area contributed by atoms with Crippen LogP contribution in [0.25, 0.3) is 17.1 Å². The maximum absolute atomic E-state index is 13.1. The number of hydrogen-bond donors (Lipinski definition) is 2. The number of hydrazone groups is 1. The Morgan fingerprint density at radius 3 is 2.63 bits per heavy atom. The fourth-order valence-corrected chi connectivity index (χ4v) is 3.56. The quantitative estimate of drug-likeness (QED) is 0.292. The predicted octanol–water partition coefficient (Wildman–Crippen LogP) is 3.26. The molecule has 0 radical (unpaired) electrons. The molecule has 11 nitrogen and oxygen atoms in total. The van der Waals surface area contributed by atoms with E-state index in [2.05, 4.69) is 57.1 Å². The lowest BCUT2D eigenvalue weighted by Crippen LogP contribution is -2.21. The van der Waals surface area contributed by atoms with Crippen LogP contribution in [-0.2, 0) is 6.42 Å². The van der Waals surface area contributed by atoms with Crippen LogP contribution < -0.4 is 15.9 Å². The Labute approximate surface area is 201 Å². The summed E-state index contributed by atoms with van der Waals surface area (Å²) in [5.41, 5.74) is 12.2. The monoisotopic (exact) mass is 474 g/mol. The molecule has 35 heavy (non-hydrogen) atoms. The molecule has 180 valence electrons. The molecule has 0 saturated heterocycles. The maximum Gasteiger partial charge on any atom is 0.294 e. The third kappa shape index (κ3) is 5.18. The number of nitrogen functional groups attached to an aromatic ring is 1. The van der Waals surface area contributed by atoms with Gasteiger partial charge in [-0.25, -0.2) is 10.1 Å². The lowest BCUT2D eigenvalue weighted by Gasteiger charge is -2.08. The Morgan fingerprint density at radius 2 is 1.97 bits per heavy atom. The average molecular weight is 475 g/mol. The highest BCUT2D eigenvalue weighted by molar-refractivity contribution is 6.02. The number of nitrogens with one attached hydrogen (secondary N) is 1. The normalized spacial score (nSPS) is 11.6. The topological polar surface area (TPSA) is 146 Å². The van der Waals surface area contributed by atoms with Crippen molar-refractivity contribution >= 4 is 17.4 Å². The van der Waals surface area contributed by atoms with E-state index in [0.29, 0.717) is 28.6 Å². The van der Waals surface area contributed by atoms with Crippen molar-refractivity contribution in [3.8, 4) is 22.8 Å². The molecule has 2 heterocycles. The van der Waals surface area contributed by atoms with Crippen LogP contribution in [0.4, 0.5) is 5.82 Å². The molecular formula is C24H26N8O3. The molecule has 0 unspecified atom stereocenters. The minimum absolute atomic E-state index is 0.000725. The Bertz CT molecular complexity index is 1360. The van der Waals surface area contributed by atoms with Gasteiger partial charge in [-0.2, -0.15) is 9.78 Å². The lowest BCUT2D eigenvalue weighted by atomic mass is 10.0. The van der Waals surface area contributed by atoms with Crippen molar-refractivity contribution in [2.45, 2.75) is 27.2 Å². The second-order valence-electron chi connectivity index (χ2n) is 8.34. The summed E-state index contributed by atoms with van der Waals surface area (Å²) < 4.78 is 11.3. The Hall–Kier alpha value is -4.54. The van der Waals surface area contributed by atoms with Crippen LogP contribution in [0.3, 0.4) is 0 Å². The van der Waals surface area contributed by atoms with Gasteiger partial charge in [0.2, 0.25) is 11.6 Å². The Kier molecular flexibility index (Phi) is 6.86. The molecule has 1 amide bonds. The van der Waals surface area contributed by atoms with Crippen molar-refractivity contribution in [1.82, 2.24) is 30.7 Å². The molecule has 0 fully saturated rings. The van der Waals surface area contributed by atoms with E-state index in [9.17, 15) is 4.79 Å². The lowest BCUT2D eigenvalue weighted by molar-refractivity contribution is 0.0950. The predicted molar refractivity (Wildman–Crippen MR) is 130 cm³/mol. The van der Waals surface area contributed by atoms with Gasteiger partial charge in [0.05, 0.1) is 12.8 Å². The van der Waals surface area contributed by atoms with E-state index in [1.54, 1.807) is 31.4 Å². The molecule has 0 spiro atoms. The summed E-state index contributed by atoms with van der Waals surface area (Å²) in [7, 11) is 1.55. The molecular weight excluding hydrogens is 448 g/mol. The van der Waals surface area contributed by atoms with E-state index in [1.807, 2.05) is 19.1 Å². The number of anilines is 1. The number of carbonyl (C=O) groups excluding carboxylic acids is 1. The standard InChI is InChI=1S/C24H26N8O3/c1-14(2)12-16-8-10-17(11-9-16)15(3)26-28-24(33)20-21(18-6-5-7-19(13-18)34-4)32(31-27-20)23-22(25)29-35-30-23/h5-11,13-14H,12H2,1-4H3,(H2,25,29)(H,28,33)/b26-15-. The van der Waals surface area contributed by atoms with Crippen LogP contribution >= 0.6 is 0 Å². The summed E-state index contributed by atoms with van der Waals surface area (Å²) in [6, 6.07) is 15.2. The van der Waals surface area contributed by atoms with E-state index in [4.69, 9.17) is 15.1 Å². The van der Waals surface area contributed by atoms with E-state index >= 15 is 0 Å². The highest BCUT2D eigenvalue weighted by Gasteiger charge is 2.25. The number of rotatable bonds is 8. The number of amides is 1. The SMILES string of the molecule is COc1cccc(-c2c(C(=O)N/N=C(/C)c3ccc(CC(C)C)cc3)nnn2-c2nonc2N)c1. The van der Waals surface area contributed by atoms with Crippen LogP contribution in [0.15, 0.2) is 58.3 Å². The molecule has 2 aromatic carbocycles. The zero-order chi connectivity index (χ0) is 24.9. The number of benzene rings is 2. The van der Waals surface area contributed by atoms with Crippen LogP contribution in [0.2, 0.25) is 0 Å². The third-order valence-corrected chi connectivity index (χ3v) is 5.27. The first-order valence-electron chi connectivity index (χ1n) is 11.0. The first-order chi connectivity index (χ1) is 16.9. The van der Waals surface area contributed by atoms with Crippen molar-refractivity contribution in [2.75, 3.05) is 12.8 Å². The van der Waals surface area contributed by atoms with E-state index in [0.717, 1.165) is 12.0 Å². The van der Waals surface area contributed by atoms with Gasteiger partial charge in [-0.05, 0) is 52.8 Å². The molecule has 0 aliphatic heterocycles. The van der Waals surface area contributed by atoms with Crippen LogP contribution in [0, 0.1) is 5.92 Å². The number of aromatic nitrogens is 5. The summed E-state index contributed by atoms with van der Waals surface area (Å²) in [5, 5.41) is 19.8. The highest BCUT2D eigenvalue weighted by atomic mass is 16.6. The van der Waals surface area contributed by atoms with Gasteiger partial charge < -0.3 is 10.5 Å². The minimum atomic E-state index is -0.556. The molecule has 0 bridgehead atoms. The van der Waals surface area contributed by atoms with E-state index < -0.39 is 5.91 Å². The fraction of sp³-hybridized carbons (Fsp3) is 0.250. The van der Waals surface area contributed by atoms with Gasteiger partial charge in [0.15, 0.2) is 5.69 Å². The number of hydrogen-bond acceptors (Lipinski definition) is 9. The minimum Gasteiger partial charge on any atom is -0.497 e. The van der Waals surface area contributed by atoms with Crippen LogP contribution in [0.5, 0.6) is 5.75 Å². The molecule has 2 aromatic heterocycles. The molecule has 11 heteroatoms. The molecule has 4 aromatic rings. The molecule has 0 aliphatic rings. The smallest absolute Gasteiger partial charge is 0.294 e. The number of ether oxygens (including phenoxy) is 1. The largest absolute Gasteiger partial charge is 0.497 e. The van der Waals surface area contributed by atoms with Crippen molar-refractivity contribution in [1.29, 1.82) is 0 Å². The van der Waals surface area contributed by atoms with Crippen molar-refractivity contribution < 1.29 is 14.2 Å². The van der Waals surface area contributed by atoms with Gasteiger partial charge in [-0.15, -0.1) is 5.10 Å². The zero-order valence-corrected chi connectivity index (χ0v) is 19.9. The fourth-order valence-electron chi connectivity index (χ4n) is 3.56. The van der Waals surface area contributed by atoms with Crippen molar-refractivity contribution in [2.24, 2.45) is 11.0 Å². The summed E-state index contributed by atoms with van der Waals surface area (Å²) >= 11 is 0. The number of carbonyl (C=O) groups is 1. The number of nitrogens with two attached hydrogens (primary N) is 1. The molecule has 3 N–H and O–H groups in total. The molecule has 0 saturated carbocycles. The molecule has 4 rings (SSSR count). The number of methoxy groups -OCH3 is 1. The summed E-state index contributed by atoms with van der Waals surface area (Å²) in [6.07, 6.45) is 1.00. The van der Waals surface area contributed by atoms with Crippen molar-refractivity contribution in [3.05, 3.63) is 65.4 Å². The van der Waals surface area contributed by atoms with Gasteiger partial charge in [-0.3, -0.25) is 4.79 Å². The highest BCUT2D eigenvalue weighted by Crippen LogP contribution is 2.29. The average Bonchev–Trinajstić information content (AvgIpc) is 3.48. The number of nitrogens with zero attached hydrogens (tertiary/aromatic N) is 6. The summed E-state index contributed by atoms with van der Waals surface area (Å²) in [5.74, 6) is 0.712. The second kappa shape index (κ2) is 10.2. The maximum atomic E-state index is 13.1. The molecule has 0 aliphatic carbocycles. The zero-order valence-electron chi connectivity index (χ0n) is 19.9. The van der Waals surface area contributed by atoms with Gasteiger partial charge >= 0.3 is 0 Å². The summed E-state index contributed by atoms with van der Waals surface area (Å²) in [6.45, 7) is 6.18. The van der Waals surface area contributed by atoms with Gasteiger partial charge in [0.1, 0.15) is 11.4 Å². The van der Waals surface area contributed by atoms with E-state index in [1.165, 1.54) is 10.2 Å². The van der Waals surface area contributed by atoms with Gasteiger partial charge in [0.25, 0.3) is 5.91 Å². The summed E-state index contributed by atoms with van der Waals surface area (Å²) in [4.78, 5) is 13.1. The first-order valence-corrected chi connectivity index (χ1v) is 11.0. The van der Waals surface area contributed by atoms with Crippen LogP contribution in [0.1, 0.15) is 42.4 Å². The molecule has 0 atom stereocenters. The van der Waals surface area contributed by atoms with Gasteiger partial charge in [0, 0.05) is 5.56 Å². The second-order valence-corrected chi connectivity index (χ2v) is 8.34. The van der Waals surface area contributed by atoms with Crippen LogP contribution in [-0.4, -0.2) is 44.0 Å². The third-order valence-electron chi connectivity index (χ3n) is 5.27. The van der Waals surface area contributed by atoms with E-state index in [-0.39, 0.29) is 17.3 Å².